The number of thiophene rings is 1. The lowest BCUT2D eigenvalue weighted by molar-refractivity contribution is -0.117. The number of rotatable bonds is 7. The van der Waals surface area contributed by atoms with Gasteiger partial charge in [0.15, 0.2) is 0 Å². The Morgan fingerprint density at radius 1 is 0.935 bits per heavy atom. The summed E-state index contributed by atoms with van der Waals surface area (Å²) in [4.78, 5) is 16.4. The number of carbonyl (C=O) groups excluding carboxylic acids is 1. The molecule has 1 aliphatic carbocycles. The molecule has 0 fully saturated rings. The molecule has 0 aliphatic heterocycles. The Morgan fingerprint density at radius 3 is 2.16 bits per heavy atom. The minimum atomic E-state index is -0.0697. The van der Waals surface area contributed by atoms with E-state index >= 15 is 0 Å². The Morgan fingerprint density at radius 2 is 1.55 bits per heavy atom. The van der Waals surface area contributed by atoms with E-state index in [0.29, 0.717) is 18.7 Å². The number of anilines is 1. The van der Waals surface area contributed by atoms with Crippen LogP contribution in [0, 0.1) is 11.3 Å². The number of amides is 1. The highest BCUT2D eigenvalue weighted by molar-refractivity contribution is 7.16. The molecule has 4 nitrogen and oxygen atoms in total. The molecule has 0 saturated heterocycles. The zero-order valence-corrected chi connectivity index (χ0v) is 18.5. The fourth-order valence-corrected chi connectivity index (χ4v) is 5.43. The van der Waals surface area contributed by atoms with Crippen LogP contribution in [-0.2, 0) is 30.7 Å². The fraction of sp³-hybridized carbons (Fsp3) is 0.308. The lowest BCUT2D eigenvalue weighted by Gasteiger charge is -2.22. The summed E-state index contributed by atoms with van der Waals surface area (Å²) >= 11 is 1.59. The van der Waals surface area contributed by atoms with Gasteiger partial charge in [0.25, 0.3) is 0 Å². The van der Waals surface area contributed by atoms with Gasteiger partial charge in [-0.05, 0) is 42.4 Å². The van der Waals surface area contributed by atoms with Crippen LogP contribution in [0.3, 0.4) is 0 Å². The Hall–Kier alpha value is -2.94. The van der Waals surface area contributed by atoms with Gasteiger partial charge in [-0.3, -0.25) is 9.69 Å². The summed E-state index contributed by atoms with van der Waals surface area (Å²) in [7, 11) is 0. The summed E-state index contributed by atoms with van der Waals surface area (Å²) in [5.41, 5.74) is 4.18. The largest absolute Gasteiger partial charge is 0.315 e. The molecule has 0 spiro atoms. The topological polar surface area (TPSA) is 56.1 Å². The average molecular weight is 430 g/mol. The molecule has 1 N–H and O–H groups in total. The quantitative estimate of drug-likeness (QED) is 0.503. The van der Waals surface area contributed by atoms with E-state index in [0.717, 1.165) is 36.2 Å². The standard InChI is InChI=1S/C26H27N3OS/c27-16-23-22-14-8-3-9-15-24(22)31-26(23)28-25(30)19-29(17-20-10-4-1-5-11-20)18-21-12-6-2-7-13-21/h1-2,4-7,10-13H,3,8-9,14-15,17-19H2,(H,28,30). The maximum Gasteiger partial charge on any atom is 0.239 e. The van der Waals surface area contributed by atoms with E-state index in [1.54, 1.807) is 11.3 Å². The van der Waals surface area contributed by atoms with Gasteiger partial charge in [-0.15, -0.1) is 11.3 Å². The van der Waals surface area contributed by atoms with E-state index in [4.69, 9.17) is 0 Å². The molecule has 1 aliphatic rings. The summed E-state index contributed by atoms with van der Waals surface area (Å²) in [6, 6.07) is 22.8. The lowest BCUT2D eigenvalue weighted by atomic mass is 10.1. The maximum absolute atomic E-state index is 13.0. The number of nitrogens with one attached hydrogen (secondary N) is 1. The van der Waals surface area contributed by atoms with E-state index in [2.05, 4.69) is 40.6 Å². The second kappa shape index (κ2) is 10.4. The van der Waals surface area contributed by atoms with Gasteiger partial charge in [-0.1, -0.05) is 67.1 Å². The number of nitriles is 1. The fourth-order valence-electron chi connectivity index (χ4n) is 4.17. The minimum Gasteiger partial charge on any atom is -0.315 e. The van der Waals surface area contributed by atoms with Gasteiger partial charge in [-0.25, -0.2) is 0 Å². The molecule has 0 unspecified atom stereocenters. The molecule has 1 amide bonds. The molecule has 3 aromatic rings. The van der Waals surface area contributed by atoms with Crippen LogP contribution >= 0.6 is 11.3 Å². The molecule has 31 heavy (non-hydrogen) atoms. The number of aryl methyl sites for hydroxylation is 1. The number of carbonyl (C=O) groups is 1. The second-order valence-electron chi connectivity index (χ2n) is 8.04. The van der Waals surface area contributed by atoms with Crippen molar-refractivity contribution >= 4 is 22.2 Å². The molecule has 0 atom stereocenters. The third-order valence-corrected chi connectivity index (χ3v) is 6.86. The van der Waals surface area contributed by atoms with E-state index in [-0.39, 0.29) is 12.5 Å². The van der Waals surface area contributed by atoms with Gasteiger partial charge in [0.2, 0.25) is 5.91 Å². The summed E-state index contributed by atoms with van der Waals surface area (Å²) in [5.74, 6) is -0.0697. The molecule has 1 heterocycles. The van der Waals surface area contributed by atoms with Gasteiger partial charge in [0.1, 0.15) is 11.1 Å². The van der Waals surface area contributed by atoms with Gasteiger partial charge in [0.05, 0.1) is 12.1 Å². The Balaban J connectivity index is 1.49. The molecule has 2 aromatic carbocycles. The number of fused-ring (bicyclic) bond motifs is 1. The van der Waals surface area contributed by atoms with Crippen LogP contribution in [0.15, 0.2) is 60.7 Å². The molecule has 0 radical (unpaired) electrons. The van der Waals surface area contributed by atoms with E-state index < -0.39 is 0 Å². The minimum absolute atomic E-state index is 0.0697. The summed E-state index contributed by atoms with van der Waals surface area (Å²) < 4.78 is 0. The van der Waals surface area contributed by atoms with Crippen molar-refractivity contribution in [3.63, 3.8) is 0 Å². The maximum atomic E-state index is 13.0. The zero-order chi connectivity index (χ0) is 21.5. The molecule has 5 heteroatoms. The SMILES string of the molecule is N#Cc1c(NC(=O)CN(Cc2ccccc2)Cc2ccccc2)sc2c1CCCCC2. The smallest absolute Gasteiger partial charge is 0.239 e. The van der Waals surface area contributed by atoms with Crippen molar-refractivity contribution in [3.05, 3.63) is 87.8 Å². The van der Waals surface area contributed by atoms with Gasteiger partial charge >= 0.3 is 0 Å². The number of hydrogen-bond donors (Lipinski definition) is 1. The summed E-state index contributed by atoms with van der Waals surface area (Å²) in [6.07, 6.45) is 5.45. The monoisotopic (exact) mass is 429 g/mol. The third kappa shape index (κ3) is 5.61. The van der Waals surface area contributed by atoms with Crippen LogP contribution in [0.1, 0.15) is 46.4 Å². The first-order valence-corrected chi connectivity index (χ1v) is 11.7. The van der Waals surface area contributed by atoms with Crippen LogP contribution in [0.25, 0.3) is 0 Å². The molecule has 4 rings (SSSR count). The second-order valence-corrected chi connectivity index (χ2v) is 9.15. The molecular weight excluding hydrogens is 402 g/mol. The molecular formula is C26H27N3OS. The Labute approximate surface area is 188 Å². The zero-order valence-electron chi connectivity index (χ0n) is 17.6. The average Bonchev–Trinajstić information content (AvgIpc) is 2.93. The highest BCUT2D eigenvalue weighted by atomic mass is 32.1. The lowest BCUT2D eigenvalue weighted by Crippen LogP contribution is -2.32. The highest BCUT2D eigenvalue weighted by Crippen LogP contribution is 2.37. The van der Waals surface area contributed by atoms with Crippen molar-refractivity contribution in [2.45, 2.75) is 45.2 Å². The first kappa shape index (κ1) is 21.3. The Bertz CT molecular complexity index is 1010. The van der Waals surface area contributed by atoms with Gasteiger partial charge < -0.3 is 5.32 Å². The Kier molecular flexibility index (Phi) is 7.14. The van der Waals surface area contributed by atoms with Crippen molar-refractivity contribution in [1.82, 2.24) is 4.90 Å². The van der Waals surface area contributed by atoms with E-state index in [1.165, 1.54) is 22.4 Å². The number of benzene rings is 2. The van der Waals surface area contributed by atoms with Crippen molar-refractivity contribution < 1.29 is 4.79 Å². The number of nitrogens with zero attached hydrogens (tertiary/aromatic N) is 2. The van der Waals surface area contributed by atoms with E-state index in [9.17, 15) is 10.1 Å². The number of hydrogen-bond acceptors (Lipinski definition) is 4. The predicted molar refractivity (Wildman–Crippen MR) is 126 cm³/mol. The first-order valence-electron chi connectivity index (χ1n) is 10.9. The van der Waals surface area contributed by atoms with Crippen LogP contribution in [0.2, 0.25) is 0 Å². The van der Waals surface area contributed by atoms with Crippen molar-refractivity contribution in [3.8, 4) is 6.07 Å². The summed E-state index contributed by atoms with van der Waals surface area (Å²) in [5, 5.41) is 13.5. The van der Waals surface area contributed by atoms with Crippen LogP contribution in [0.4, 0.5) is 5.00 Å². The van der Waals surface area contributed by atoms with Crippen molar-refractivity contribution in [2.24, 2.45) is 0 Å². The van der Waals surface area contributed by atoms with Crippen LogP contribution < -0.4 is 5.32 Å². The van der Waals surface area contributed by atoms with Crippen LogP contribution in [-0.4, -0.2) is 17.4 Å². The van der Waals surface area contributed by atoms with Gasteiger partial charge in [0, 0.05) is 18.0 Å². The molecule has 1 aromatic heterocycles. The molecule has 0 saturated carbocycles. The predicted octanol–water partition coefficient (Wildman–Crippen LogP) is 5.53. The van der Waals surface area contributed by atoms with Crippen LogP contribution in [0.5, 0.6) is 0 Å². The van der Waals surface area contributed by atoms with Gasteiger partial charge in [-0.2, -0.15) is 5.26 Å². The summed E-state index contributed by atoms with van der Waals surface area (Å²) in [6.45, 7) is 1.65. The normalized spacial score (nSPS) is 13.3. The highest BCUT2D eigenvalue weighted by Gasteiger charge is 2.21. The third-order valence-electron chi connectivity index (χ3n) is 5.65. The molecule has 158 valence electrons. The van der Waals surface area contributed by atoms with Crippen molar-refractivity contribution in [2.75, 3.05) is 11.9 Å². The van der Waals surface area contributed by atoms with Crippen molar-refractivity contribution in [1.29, 1.82) is 5.26 Å². The molecule has 0 bridgehead atoms. The first-order chi connectivity index (χ1) is 15.2. The van der Waals surface area contributed by atoms with E-state index in [1.807, 2.05) is 36.4 Å².